The number of anilines is 1. The van der Waals surface area contributed by atoms with Gasteiger partial charge in [0.1, 0.15) is 0 Å². The fourth-order valence-corrected chi connectivity index (χ4v) is 3.38. The van der Waals surface area contributed by atoms with Crippen LogP contribution in [0.15, 0.2) is 30.5 Å². The molecular weight excluding hydrogens is 330 g/mol. The Morgan fingerprint density at radius 3 is 2.60 bits per heavy atom. The van der Waals surface area contributed by atoms with Crippen molar-refractivity contribution in [1.82, 2.24) is 9.88 Å². The molecule has 0 aliphatic rings. The minimum Gasteiger partial charge on any atom is -0.384 e. The highest BCUT2D eigenvalue weighted by atomic mass is 35.5. The molecule has 0 aliphatic carbocycles. The molecule has 2 aromatic rings. The molecule has 1 heterocycles. The van der Waals surface area contributed by atoms with Crippen LogP contribution in [0.4, 0.5) is 5.69 Å². The van der Waals surface area contributed by atoms with E-state index >= 15 is 0 Å². The second kappa shape index (κ2) is 11.3. The van der Waals surface area contributed by atoms with Crippen LogP contribution in [0.2, 0.25) is 5.02 Å². The average Bonchev–Trinajstić information content (AvgIpc) is 2.62. The van der Waals surface area contributed by atoms with Crippen molar-refractivity contribution >= 4 is 28.2 Å². The zero-order valence-corrected chi connectivity index (χ0v) is 16.5. The Bertz CT molecular complexity index is 630. The summed E-state index contributed by atoms with van der Waals surface area (Å²) in [6.45, 7) is 9.14. The summed E-state index contributed by atoms with van der Waals surface area (Å²) in [6.07, 6.45) is 9.60. The first-order chi connectivity index (χ1) is 12.2. The van der Waals surface area contributed by atoms with Gasteiger partial charge in [0.2, 0.25) is 0 Å². The Kier molecular flexibility index (Phi) is 9.06. The highest BCUT2D eigenvalue weighted by Crippen LogP contribution is 2.24. The minimum absolute atomic E-state index is 0.732. The number of nitrogens with one attached hydrogen (secondary N) is 1. The van der Waals surface area contributed by atoms with Crippen LogP contribution < -0.4 is 5.32 Å². The van der Waals surface area contributed by atoms with Crippen molar-refractivity contribution in [1.29, 1.82) is 0 Å². The summed E-state index contributed by atoms with van der Waals surface area (Å²) in [6, 6.07) is 7.94. The number of halogens is 1. The molecule has 1 aromatic heterocycles. The number of pyridine rings is 1. The van der Waals surface area contributed by atoms with Crippen LogP contribution in [-0.4, -0.2) is 36.1 Å². The Morgan fingerprint density at radius 2 is 1.80 bits per heavy atom. The predicted octanol–water partition coefficient (Wildman–Crippen LogP) is 5.98. The number of hydrogen-bond donors (Lipinski definition) is 1. The van der Waals surface area contributed by atoms with Crippen LogP contribution in [0.5, 0.6) is 0 Å². The van der Waals surface area contributed by atoms with Crippen molar-refractivity contribution in [2.75, 3.05) is 31.5 Å². The summed E-state index contributed by atoms with van der Waals surface area (Å²) >= 11 is 6.06. The van der Waals surface area contributed by atoms with Crippen LogP contribution in [0, 0.1) is 0 Å². The summed E-state index contributed by atoms with van der Waals surface area (Å²) in [5.74, 6) is 0. The average molecular weight is 362 g/mol. The summed E-state index contributed by atoms with van der Waals surface area (Å²) in [5.41, 5.74) is 2.09. The molecule has 0 saturated carbocycles. The first kappa shape index (κ1) is 20.0. The van der Waals surface area contributed by atoms with Gasteiger partial charge < -0.3 is 10.2 Å². The molecule has 0 amide bonds. The molecule has 0 saturated heterocycles. The zero-order valence-electron chi connectivity index (χ0n) is 15.7. The zero-order chi connectivity index (χ0) is 17.9. The molecule has 0 unspecified atom stereocenters. The lowest BCUT2D eigenvalue weighted by Gasteiger charge is -2.22. The highest BCUT2D eigenvalue weighted by Gasteiger charge is 2.05. The number of aromatic nitrogens is 1. The van der Waals surface area contributed by atoms with E-state index in [0.29, 0.717) is 0 Å². The van der Waals surface area contributed by atoms with Gasteiger partial charge in [-0.15, -0.1) is 0 Å². The number of nitrogens with zero attached hydrogens (tertiary/aromatic N) is 2. The van der Waals surface area contributed by atoms with E-state index in [2.05, 4.69) is 29.0 Å². The molecule has 0 bridgehead atoms. The Labute approximate surface area is 157 Å². The van der Waals surface area contributed by atoms with Crippen molar-refractivity contribution in [3.63, 3.8) is 0 Å². The lowest BCUT2D eigenvalue weighted by Crippen LogP contribution is -2.28. The van der Waals surface area contributed by atoms with Crippen LogP contribution >= 0.6 is 11.6 Å². The normalized spacial score (nSPS) is 11.4. The van der Waals surface area contributed by atoms with Gasteiger partial charge in [0, 0.05) is 28.8 Å². The number of hydrogen-bond acceptors (Lipinski definition) is 3. The van der Waals surface area contributed by atoms with E-state index in [-0.39, 0.29) is 0 Å². The quantitative estimate of drug-likeness (QED) is 0.471. The van der Waals surface area contributed by atoms with Crippen molar-refractivity contribution in [3.05, 3.63) is 35.5 Å². The molecular formula is C21H32ClN3. The summed E-state index contributed by atoms with van der Waals surface area (Å²) in [7, 11) is 0. The van der Waals surface area contributed by atoms with E-state index in [1.807, 2.05) is 30.5 Å². The van der Waals surface area contributed by atoms with Crippen molar-refractivity contribution < 1.29 is 0 Å². The summed E-state index contributed by atoms with van der Waals surface area (Å²) in [5, 5.41) is 5.44. The topological polar surface area (TPSA) is 28.2 Å². The van der Waals surface area contributed by atoms with Gasteiger partial charge in [0.25, 0.3) is 0 Å². The number of fused-ring (bicyclic) bond motifs is 1. The van der Waals surface area contributed by atoms with Crippen LogP contribution in [0.1, 0.15) is 52.4 Å². The highest BCUT2D eigenvalue weighted by molar-refractivity contribution is 6.31. The third-order valence-electron chi connectivity index (χ3n) is 4.54. The molecule has 0 aliphatic heterocycles. The number of rotatable bonds is 12. The van der Waals surface area contributed by atoms with E-state index in [9.17, 15) is 0 Å². The number of benzene rings is 1. The lowest BCUT2D eigenvalue weighted by atomic mass is 10.2. The molecule has 138 valence electrons. The van der Waals surface area contributed by atoms with Gasteiger partial charge in [-0.3, -0.25) is 4.98 Å². The van der Waals surface area contributed by atoms with Crippen molar-refractivity contribution in [2.24, 2.45) is 0 Å². The van der Waals surface area contributed by atoms with Gasteiger partial charge in [-0.05, 0) is 63.2 Å². The predicted molar refractivity (Wildman–Crippen MR) is 111 cm³/mol. The van der Waals surface area contributed by atoms with Gasteiger partial charge in [0.05, 0.1) is 5.52 Å². The van der Waals surface area contributed by atoms with Gasteiger partial charge in [-0.1, -0.05) is 44.7 Å². The Hall–Kier alpha value is -1.32. The van der Waals surface area contributed by atoms with Crippen LogP contribution in [0.3, 0.4) is 0 Å². The summed E-state index contributed by atoms with van der Waals surface area (Å²) < 4.78 is 0. The van der Waals surface area contributed by atoms with Gasteiger partial charge in [-0.25, -0.2) is 0 Å². The number of unbranched alkanes of at least 4 members (excludes halogenated alkanes) is 3. The second-order valence-electron chi connectivity index (χ2n) is 6.70. The molecule has 0 spiro atoms. The first-order valence-corrected chi connectivity index (χ1v) is 10.1. The van der Waals surface area contributed by atoms with Crippen molar-refractivity contribution in [3.8, 4) is 0 Å². The molecule has 0 fully saturated rings. The van der Waals surface area contributed by atoms with E-state index in [0.717, 1.165) is 34.6 Å². The molecule has 0 radical (unpaired) electrons. The van der Waals surface area contributed by atoms with E-state index in [1.54, 1.807) is 0 Å². The molecule has 2 rings (SSSR count). The second-order valence-corrected chi connectivity index (χ2v) is 7.14. The molecule has 4 heteroatoms. The SMILES string of the molecule is CCCCCCN(CCC)CCCNc1ccnc2cc(Cl)ccc12. The third kappa shape index (κ3) is 6.83. The maximum atomic E-state index is 6.06. The van der Waals surface area contributed by atoms with Gasteiger partial charge >= 0.3 is 0 Å². The smallest absolute Gasteiger partial charge is 0.0737 e. The maximum Gasteiger partial charge on any atom is 0.0737 e. The van der Waals surface area contributed by atoms with Crippen molar-refractivity contribution in [2.45, 2.75) is 52.4 Å². The lowest BCUT2D eigenvalue weighted by molar-refractivity contribution is 0.267. The fraction of sp³-hybridized carbons (Fsp3) is 0.571. The molecule has 3 nitrogen and oxygen atoms in total. The third-order valence-corrected chi connectivity index (χ3v) is 4.77. The van der Waals surface area contributed by atoms with E-state index in [4.69, 9.17) is 11.6 Å². The summed E-state index contributed by atoms with van der Waals surface area (Å²) in [4.78, 5) is 7.01. The maximum absolute atomic E-state index is 6.06. The standard InChI is InChI=1S/C21H32ClN3/c1-3-5-6-7-15-25(14-4-2)16-8-12-23-20-11-13-24-21-17-18(22)9-10-19(20)21/h9-11,13,17H,3-8,12,14-16H2,1-2H3,(H,23,24). The van der Waals surface area contributed by atoms with E-state index < -0.39 is 0 Å². The molecule has 1 N–H and O–H groups in total. The fourth-order valence-electron chi connectivity index (χ4n) is 3.21. The molecule has 0 atom stereocenters. The minimum atomic E-state index is 0.732. The monoisotopic (exact) mass is 361 g/mol. The Balaban J connectivity index is 1.79. The Morgan fingerprint density at radius 1 is 0.960 bits per heavy atom. The largest absolute Gasteiger partial charge is 0.384 e. The van der Waals surface area contributed by atoms with E-state index in [1.165, 1.54) is 51.7 Å². The molecule has 25 heavy (non-hydrogen) atoms. The molecule has 1 aromatic carbocycles. The van der Waals surface area contributed by atoms with Crippen LogP contribution in [0.25, 0.3) is 10.9 Å². The van der Waals surface area contributed by atoms with Crippen LogP contribution in [-0.2, 0) is 0 Å². The van der Waals surface area contributed by atoms with Gasteiger partial charge in [-0.2, -0.15) is 0 Å². The first-order valence-electron chi connectivity index (χ1n) is 9.75. The van der Waals surface area contributed by atoms with Gasteiger partial charge in [0.15, 0.2) is 0 Å².